The van der Waals surface area contributed by atoms with Gasteiger partial charge < -0.3 is 4.90 Å². The number of hydrogen-bond acceptors (Lipinski definition) is 3. The topological polar surface area (TPSA) is 44.3 Å². The molecule has 4 rings (SSSR count). The van der Waals surface area contributed by atoms with E-state index < -0.39 is 0 Å². The van der Waals surface area contributed by atoms with E-state index >= 15 is 0 Å². The first kappa shape index (κ1) is 14.1. The molecule has 1 aliphatic rings. The number of pyridine rings is 1. The predicted octanol–water partition coefficient (Wildman–Crippen LogP) is 3.69. The normalized spacial score (nSPS) is 14.0. The van der Waals surface area contributed by atoms with Crippen LogP contribution < -0.4 is 4.90 Å². The van der Waals surface area contributed by atoms with Crippen LogP contribution >= 0.6 is 0 Å². The molecule has 2 aromatic heterocycles. The molecule has 4 nitrogen and oxygen atoms in total. The van der Waals surface area contributed by atoms with Gasteiger partial charge in [-0.2, -0.15) is 5.26 Å². The zero-order chi connectivity index (χ0) is 16.1. The Morgan fingerprint density at radius 1 is 1.30 bits per heavy atom. The highest BCUT2D eigenvalue weighted by Crippen LogP contribution is 2.37. The molecule has 1 aromatic carbocycles. The predicted molar refractivity (Wildman–Crippen MR) is 92.9 cm³/mol. The van der Waals surface area contributed by atoms with Crippen LogP contribution in [0, 0.1) is 24.2 Å². The van der Waals surface area contributed by atoms with Gasteiger partial charge in [-0.3, -0.25) is 4.40 Å². The maximum absolute atomic E-state index is 9.67. The summed E-state index contributed by atoms with van der Waals surface area (Å²) in [5, 5.41) is 9.67. The van der Waals surface area contributed by atoms with E-state index in [2.05, 4.69) is 42.2 Å². The summed E-state index contributed by atoms with van der Waals surface area (Å²) in [6, 6.07) is 10.5. The number of imidazole rings is 1. The molecule has 0 amide bonds. The lowest BCUT2D eigenvalue weighted by molar-refractivity contribution is 0.618. The van der Waals surface area contributed by atoms with Crippen molar-refractivity contribution in [3.05, 3.63) is 41.0 Å². The van der Waals surface area contributed by atoms with Crippen molar-refractivity contribution in [3.8, 4) is 6.07 Å². The van der Waals surface area contributed by atoms with Gasteiger partial charge in [0.2, 0.25) is 0 Å². The molecule has 23 heavy (non-hydrogen) atoms. The van der Waals surface area contributed by atoms with Crippen molar-refractivity contribution in [1.82, 2.24) is 9.38 Å². The molecule has 4 heteroatoms. The van der Waals surface area contributed by atoms with Gasteiger partial charge in [0.25, 0.3) is 0 Å². The summed E-state index contributed by atoms with van der Waals surface area (Å²) < 4.78 is 2.20. The van der Waals surface area contributed by atoms with Crippen LogP contribution in [0.2, 0.25) is 0 Å². The Labute approximate surface area is 136 Å². The number of benzene rings is 1. The summed E-state index contributed by atoms with van der Waals surface area (Å²) in [4.78, 5) is 7.21. The minimum atomic E-state index is 0.599. The van der Waals surface area contributed by atoms with E-state index in [-0.39, 0.29) is 0 Å². The highest BCUT2D eigenvalue weighted by atomic mass is 15.3. The van der Waals surface area contributed by atoms with Crippen molar-refractivity contribution in [1.29, 1.82) is 5.26 Å². The fraction of sp³-hybridized carbons (Fsp3) is 0.368. The molecular formula is C19H20N4. The Morgan fingerprint density at radius 3 is 2.83 bits per heavy atom. The molecule has 1 aliphatic heterocycles. The van der Waals surface area contributed by atoms with E-state index in [9.17, 15) is 5.26 Å². The maximum Gasteiger partial charge on any atom is 0.157 e. The summed E-state index contributed by atoms with van der Waals surface area (Å²) >= 11 is 0. The van der Waals surface area contributed by atoms with Crippen LogP contribution in [-0.2, 0) is 6.42 Å². The van der Waals surface area contributed by atoms with Crippen LogP contribution in [-0.4, -0.2) is 22.5 Å². The van der Waals surface area contributed by atoms with Crippen LogP contribution in [0.5, 0.6) is 0 Å². The molecule has 0 saturated heterocycles. The third-order valence-electron chi connectivity index (χ3n) is 4.72. The fourth-order valence-electron chi connectivity index (χ4n) is 3.77. The number of anilines is 1. The van der Waals surface area contributed by atoms with Gasteiger partial charge in [-0.15, -0.1) is 0 Å². The molecule has 0 N–H and O–H groups in total. The van der Waals surface area contributed by atoms with Crippen LogP contribution in [0.3, 0.4) is 0 Å². The summed E-state index contributed by atoms with van der Waals surface area (Å²) in [6.07, 6.45) is 1.00. The number of nitrogens with zero attached hydrogens (tertiary/aromatic N) is 4. The molecule has 0 spiro atoms. The van der Waals surface area contributed by atoms with Gasteiger partial charge in [0.05, 0.1) is 16.6 Å². The van der Waals surface area contributed by atoms with Crippen molar-refractivity contribution in [2.45, 2.75) is 27.2 Å². The number of nitriles is 1. The standard InChI is InChI=1S/C19H20N4/c1-12(2)11-22-9-8-14-13(3)15(10-20)18-21-16-6-4-5-7-17(16)23(18)19(14)22/h4-7,12H,8-9,11H2,1-3H3. The number of hydrogen-bond donors (Lipinski definition) is 0. The largest absolute Gasteiger partial charge is 0.357 e. The first-order valence-electron chi connectivity index (χ1n) is 8.19. The molecular weight excluding hydrogens is 284 g/mol. The average Bonchev–Trinajstić information content (AvgIpc) is 3.08. The molecule has 0 atom stereocenters. The Balaban J connectivity index is 2.14. The molecule has 0 bridgehead atoms. The third-order valence-corrected chi connectivity index (χ3v) is 4.72. The number of para-hydroxylation sites is 2. The van der Waals surface area contributed by atoms with Crippen molar-refractivity contribution < 1.29 is 0 Å². The molecule has 0 fully saturated rings. The van der Waals surface area contributed by atoms with Crippen LogP contribution in [0.4, 0.5) is 5.82 Å². The van der Waals surface area contributed by atoms with Crippen molar-refractivity contribution in [2.75, 3.05) is 18.0 Å². The second-order valence-electron chi connectivity index (χ2n) is 6.76. The third kappa shape index (κ3) is 1.93. The van der Waals surface area contributed by atoms with Crippen LogP contribution in [0.15, 0.2) is 24.3 Å². The average molecular weight is 304 g/mol. The van der Waals surface area contributed by atoms with Crippen molar-refractivity contribution in [3.63, 3.8) is 0 Å². The highest BCUT2D eigenvalue weighted by molar-refractivity contribution is 5.86. The number of fused-ring (bicyclic) bond motifs is 5. The lowest BCUT2D eigenvalue weighted by atomic mass is 10.0. The monoisotopic (exact) mass is 304 g/mol. The van der Waals surface area contributed by atoms with E-state index in [1.807, 2.05) is 18.2 Å². The molecule has 3 heterocycles. The second-order valence-corrected chi connectivity index (χ2v) is 6.76. The first-order chi connectivity index (χ1) is 11.1. The van der Waals surface area contributed by atoms with Crippen LogP contribution in [0.25, 0.3) is 16.7 Å². The lowest BCUT2D eigenvalue weighted by Crippen LogP contribution is -2.26. The lowest BCUT2D eigenvalue weighted by Gasteiger charge is -2.23. The minimum absolute atomic E-state index is 0.599. The molecule has 3 aromatic rings. The van der Waals surface area contributed by atoms with Crippen LogP contribution in [0.1, 0.15) is 30.5 Å². The van der Waals surface area contributed by atoms with E-state index in [1.165, 1.54) is 11.4 Å². The summed E-state index contributed by atoms with van der Waals surface area (Å²) in [5.41, 5.74) is 5.94. The van der Waals surface area contributed by atoms with E-state index in [0.717, 1.165) is 41.8 Å². The smallest absolute Gasteiger partial charge is 0.157 e. The van der Waals surface area contributed by atoms with Gasteiger partial charge in [-0.25, -0.2) is 4.98 Å². The Morgan fingerprint density at radius 2 is 2.09 bits per heavy atom. The number of aromatic nitrogens is 2. The van der Waals surface area contributed by atoms with Gasteiger partial charge in [0.15, 0.2) is 5.65 Å². The van der Waals surface area contributed by atoms with Gasteiger partial charge >= 0.3 is 0 Å². The minimum Gasteiger partial charge on any atom is -0.357 e. The van der Waals surface area contributed by atoms with Gasteiger partial charge in [-0.1, -0.05) is 26.0 Å². The van der Waals surface area contributed by atoms with Gasteiger partial charge in [0.1, 0.15) is 11.9 Å². The molecule has 0 unspecified atom stereocenters. The van der Waals surface area contributed by atoms with E-state index in [1.54, 1.807) is 0 Å². The molecule has 116 valence electrons. The van der Waals surface area contributed by atoms with Crippen molar-refractivity contribution in [2.24, 2.45) is 5.92 Å². The second kappa shape index (κ2) is 4.99. The molecule has 0 radical (unpaired) electrons. The van der Waals surface area contributed by atoms with Gasteiger partial charge in [0, 0.05) is 13.1 Å². The quantitative estimate of drug-likeness (QED) is 0.725. The van der Waals surface area contributed by atoms with E-state index in [4.69, 9.17) is 4.98 Å². The summed E-state index contributed by atoms with van der Waals surface area (Å²) in [7, 11) is 0. The molecule has 0 aliphatic carbocycles. The van der Waals surface area contributed by atoms with E-state index in [0.29, 0.717) is 11.5 Å². The molecule has 0 saturated carbocycles. The first-order valence-corrected chi connectivity index (χ1v) is 8.19. The SMILES string of the molecule is Cc1c2c(n3c(nc4ccccc43)c1C#N)N(CC(C)C)CC2. The Kier molecular flexibility index (Phi) is 3.05. The summed E-state index contributed by atoms with van der Waals surface area (Å²) in [5.74, 6) is 1.83. The zero-order valence-electron chi connectivity index (χ0n) is 13.8. The number of rotatable bonds is 2. The fourth-order valence-corrected chi connectivity index (χ4v) is 3.77. The highest BCUT2D eigenvalue weighted by Gasteiger charge is 2.28. The maximum atomic E-state index is 9.67. The Hall–Kier alpha value is -2.54. The van der Waals surface area contributed by atoms with Crippen molar-refractivity contribution >= 4 is 22.5 Å². The zero-order valence-corrected chi connectivity index (χ0v) is 13.8. The van der Waals surface area contributed by atoms with Gasteiger partial charge in [-0.05, 0) is 42.5 Å². The Bertz CT molecular complexity index is 959. The summed E-state index contributed by atoms with van der Waals surface area (Å²) in [6.45, 7) is 8.61.